The summed E-state index contributed by atoms with van der Waals surface area (Å²) in [5, 5.41) is 7.93. The van der Waals surface area contributed by atoms with Crippen LogP contribution in [0.15, 0.2) is 83.0 Å². The van der Waals surface area contributed by atoms with Gasteiger partial charge in [-0.1, -0.05) is 65.3 Å². The van der Waals surface area contributed by atoms with Crippen LogP contribution in [0.4, 0.5) is 10.5 Å². The lowest BCUT2D eigenvalue weighted by Crippen LogP contribution is -2.46. The highest BCUT2D eigenvalue weighted by atomic mass is 35.5. The fourth-order valence-corrected chi connectivity index (χ4v) is 4.57. The number of amides is 2. The van der Waals surface area contributed by atoms with Crippen LogP contribution in [0.5, 0.6) is 0 Å². The Morgan fingerprint density at radius 3 is 2.38 bits per heavy atom. The maximum atomic E-state index is 13.4. The molecule has 0 saturated carbocycles. The Morgan fingerprint density at radius 1 is 0.941 bits per heavy atom. The van der Waals surface area contributed by atoms with Gasteiger partial charge in [-0.3, -0.25) is 4.90 Å². The highest BCUT2D eigenvalue weighted by Gasteiger charge is 2.36. The largest absolute Gasteiger partial charge is 0.334 e. The summed E-state index contributed by atoms with van der Waals surface area (Å²) >= 11 is 6.16. The molecule has 1 aliphatic heterocycles. The molecule has 1 N–H and O–H groups in total. The third-order valence-corrected chi connectivity index (χ3v) is 6.06. The van der Waals surface area contributed by atoms with Crippen LogP contribution in [0.3, 0.4) is 0 Å². The van der Waals surface area contributed by atoms with E-state index in [0.717, 1.165) is 39.2 Å². The number of carbonyl (C=O) groups is 1. The molecule has 5 rings (SSSR count). The molecule has 1 aromatic heterocycles. The zero-order valence-electron chi connectivity index (χ0n) is 19.0. The van der Waals surface area contributed by atoms with Crippen molar-refractivity contribution in [2.75, 3.05) is 4.90 Å². The van der Waals surface area contributed by atoms with Crippen molar-refractivity contribution in [2.24, 2.45) is 0 Å². The summed E-state index contributed by atoms with van der Waals surface area (Å²) in [6.07, 6.45) is 0. The van der Waals surface area contributed by atoms with Crippen LogP contribution in [-0.2, 0) is 0 Å². The van der Waals surface area contributed by atoms with Crippen molar-refractivity contribution in [1.29, 1.82) is 0 Å². The normalized spacial score (nSPS) is 16.1. The first-order valence-electron chi connectivity index (χ1n) is 11.0. The van der Waals surface area contributed by atoms with Crippen molar-refractivity contribution in [1.82, 2.24) is 15.5 Å². The minimum Gasteiger partial charge on any atom is -0.334 e. The van der Waals surface area contributed by atoms with E-state index in [4.69, 9.17) is 16.1 Å². The number of halogens is 1. The quantitative estimate of drug-likeness (QED) is 0.360. The molecule has 1 atom stereocenters. The molecule has 34 heavy (non-hydrogen) atoms. The van der Waals surface area contributed by atoms with Crippen molar-refractivity contribution >= 4 is 28.9 Å². The lowest BCUT2D eigenvalue weighted by molar-refractivity contribution is 0.244. The van der Waals surface area contributed by atoms with Crippen LogP contribution in [0.25, 0.3) is 17.0 Å². The standard InChI is InChI=1S/C27H23ClN4O2/c1-16-12-17(2)14-22(13-16)32-18(3)23(24(29-27(32)33)19-8-5-4-6-9-19)26-30-25(31-34-26)20-10-7-11-21(28)15-20/h4-15,24H,1-3H3,(H,29,33). The third kappa shape index (κ3) is 4.08. The van der Waals surface area contributed by atoms with Crippen LogP contribution in [0.1, 0.15) is 35.5 Å². The molecule has 0 aliphatic carbocycles. The van der Waals surface area contributed by atoms with E-state index in [-0.39, 0.29) is 6.03 Å². The van der Waals surface area contributed by atoms with Gasteiger partial charge in [0.25, 0.3) is 5.89 Å². The number of allylic oxidation sites excluding steroid dienone is 1. The first-order valence-corrected chi connectivity index (χ1v) is 11.3. The van der Waals surface area contributed by atoms with Gasteiger partial charge in [0, 0.05) is 16.3 Å². The Hall–Kier alpha value is -3.90. The molecule has 1 unspecified atom stereocenters. The molecule has 2 amide bonds. The van der Waals surface area contributed by atoms with E-state index in [1.165, 1.54) is 0 Å². The zero-order chi connectivity index (χ0) is 23.8. The number of anilines is 1. The number of nitrogens with one attached hydrogen (secondary N) is 1. The summed E-state index contributed by atoms with van der Waals surface area (Å²) in [7, 11) is 0. The number of hydrogen-bond acceptors (Lipinski definition) is 4. The molecular formula is C27H23ClN4O2. The molecule has 0 saturated heterocycles. The van der Waals surface area contributed by atoms with Crippen molar-refractivity contribution in [3.05, 3.63) is 106 Å². The van der Waals surface area contributed by atoms with Gasteiger partial charge in [0.2, 0.25) is 5.82 Å². The van der Waals surface area contributed by atoms with E-state index in [1.807, 2.05) is 75.4 Å². The number of carbonyl (C=O) groups excluding carboxylic acids is 1. The molecule has 1 aliphatic rings. The predicted octanol–water partition coefficient (Wildman–Crippen LogP) is 6.71. The Morgan fingerprint density at radius 2 is 1.68 bits per heavy atom. The van der Waals surface area contributed by atoms with Crippen LogP contribution in [0, 0.1) is 13.8 Å². The summed E-state index contributed by atoms with van der Waals surface area (Å²) in [6.45, 7) is 5.94. The van der Waals surface area contributed by atoms with Crippen molar-refractivity contribution in [2.45, 2.75) is 26.8 Å². The average Bonchev–Trinajstić information content (AvgIpc) is 3.28. The van der Waals surface area contributed by atoms with Crippen LogP contribution in [-0.4, -0.2) is 16.2 Å². The first kappa shape index (κ1) is 21.9. The Balaban J connectivity index is 1.67. The van der Waals surface area contributed by atoms with Gasteiger partial charge >= 0.3 is 6.03 Å². The molecule has 4 aromatic rings. The third-order valence-electron chi connectivity index (χ3n) is 5.82. The van der Waals surface area contributed by atoms with E-state index in [0.29, 0.717) is 16.7 Å². The predicted molar refractivity (Wildman–Crippen MR) is 133 cm³/mol. The molecular weight excluding hydrogens is 448 g/mol. The van der Waals surface area contributed by atoms with E-state index in [2.05, 4.69) is 21.5 Å². The number of hydrogen-bond donors (Lipinski definition) is 1. The lowest BCUT2D eigenvalue weighted by Gasteiger charge is -2.35. The Bertz CT molecular complexity index is 1390. The van der Waals surface area contributed by atoms with Gasteiger partial charge in [0.1, 0.15) is 0 Å². The lowest BCUT2D eigenvalue weighted by atomic mass is 9.94. The highest BCUT2D eigenvalue weighted by molar-refractivity contribution is 6.30. The molecule has 0 radical (unpaired) electrons. The number of nitrogens with zero attached hydrogens (tertiary/aromatic N) is 3. The SMILES string of the molecule is CC1=C(c2nc(-c3cccc(Cl)c3)no2)C(c2ccccc2)NC(=O)N1c1cc(C)cc(C)c1. The van der Waals surface area contributed by atoms with E-state index in [1.54, 1.807) is 17.0 Å². The number of urea groups is 1. The summed E-state index contributed by atoms with van der Waals surface area (Å²) in [6, 6.07) is 22.5. The van der Waals surface area contributed by atoms with Crippen molar-refractivity contribution in [3.63, 3.8) is 0 Å². The number of aromatic nitrogens is 2. The van der Waals surface area contributed by atoms with Gasteiger partial charge < -0.3 is 9.84 Å². The van der Waals surface area contributed by atoms with Crippen LogP contribution >= 0.6 is 11.6 Å². The van der Waals surface area contributed by atoms with Crippen LogP contribution < -0.4 is 10.2 Å². The zero-order valence-corrected chi connectivity index (χ0v) is 19.8. The minimum absolute atomic E-state index is 0.213. The number of aryl methyl sites for hydroxylation is 2. The fraction of sp³-hybridized carbons (Fsp3) is 0.148. The van der Waals surface area contributed by atoms with E-state index in [9.17, 15) is 4.79 Å². The van der Waals surface area contributed by atoms with Gasteiger partial charge in [-0.2, -0.15) is 4.98 Å². The average molecular weight is 471 g/mol. The molecule has 0 fully saturated rings. The molecule has 0 bridgehead atoms. The Labute approximate surface area is 202 Å². The maximum Gasteiger partial charge on any atom is 0.326 e. The fourth-order valence-electron chi connectivity index (χ4n) is 4.38. The van der Waals surface area contributed by atoms with Gasteiger partial charge in [0.05, 0.1) is 17.3 Å². The second-order valence-electron chi connectivity index (χ2n) is 8.41. The Kier molecular flexibility index (Phi) is 5.67. The number of rotatable bonds is 4. The smallest absolute Gasteiger partial charge is 0.326 e. The van der Waals surface area contributed by atoms with Gasteiger partial charge in [-0.25, -0.2) is 4.79 Å². The van der Waals surface area contributed by atoms with Crippen LogP contribution in [0.2, 0.25) is 5.02 Å². The first-order chi connectivity index (χ1) is 16.4. The highest BCUT2D eigenvalue weighted by Crippen LogP contribution is 2.39. The summed E-state index contributed by atoms with van der Waals surface area (Å²) in [4.78, 5) is 19.7. The summed E-state index contributed by atoms with van der Waals surface area (Å²) in [5.41, 5.74) is 6.07. The van der Waals surface area contributed by atoms with Crippen molar-refractivity contribution in [3.8, 4) is 11.4 Å². The van der Waals surface area contributed by atoms with E-state index < -0.39 is 6.04 Å². The maximum absolute atomic E-state index is 13.4. The number of benzene rings is 3. The summed E-state index contributed by atoms with van der Waals surface area (Å²) < 4.78 is 5.75. The monoisotopic (exact) mass is 470 g/mol. The molecule has 0 spiro atoms. The van der Waals surface area contributed by atoms with Gasteiger partial charge in [0.15, 0.2) is 0 Å². The minimum atomic E-state index is -0.441. The molecule has 6 nitrogen and oxygen atoms in total. The van der Waals surface area contributed by atoms with Crippen molar-refractivity contribution < 1.29 is 9.32 Å². The van der Waals surface area contributed by atoms with Gasteiger partial charge in [-0.15, -0.1) is 0 Å². The molecule has 2 heterocycles. The van der Waals surface area contributed by atoms with E-state index >= 15 is 0 Å². The molecule has 7 heteroatoms. The molecule has 3 aromatic carbocycles. The second kappa shape index (κ2) is 8.80. The second-order valence-corrected chi connectivity index (χ2v) is 8.84. The molecule has 170 valence electrons. The van der Waals surface area contributed by atoms with Gasteiger partial charge in [-0.05, 0) is 61.7 Å². The summed E-state index contributed by atoms with van der Waals surface area (Å²) in [5.74, 6) is 0.773. The topological polar surface area (TPSA) is 71.3 Å².